The third kappa shape index (κ3) is 45.7. The Bertz CT molecular complexity index is 198. The van der Waals surface area contributed by atoms with Crippen molar-refractivity contribution in [2.45, 2.75) is 84.0 Å². The summed E-state index contributed by atoms with van der Waals surface area (Å²) in [5.74, 6) is 0. The fourth-order valence-electron chi connectivity index (χ4n) is 2.12. The fraction of sp³-hybridized carbons (Fsp3) is 0.765. The minimum Gasteiger partial charge on any atom is -0.222 e. The lowest BCUT2D eigenvalue weighted by molar-refractivity contribution is 0.504. The molecule has 0 heterocycles. The third-order valence-electron chi connectivity index (χ3n) is 3.00. The molecule has 0 aliphatic heterocycles. The van der Waals surface area contributed by atoms with E-state index >= 15 is 0 Å². The number of hydrogen-bond acceptors (Lipinski definition) is 4. The topological polar surface area (TPSA) is 81.8 Å². The second-order valence-electron chi connectivity index (χ2n) is 4.86. The second-order valence-corrected chi connectivity index (χ2v) is 4.86. The van der Waals surface area contributed by atoms with Crippen molar-refractivity contribution in [2.24, 2.45) is 0 Å². The van der Waals surface area contributed by atoms with Crippen LogP contribution in [-0.2, 0) is 9.59 Å². The van der Waals surface area contributed by atoms with Gasteiger partial charge >= 0.3 is 0 Å². The first-order valence-corrected chi connectivity index (χ1v) is 7.89. The Kier molecular flexibility index (Phi) is 36.3. The minimum absolute atomic E-state index is 0.750. The van der Waals surface area contributed by atoms with Crippen molar-refractivity contribution in [3.63, 3.8) is 0 Å². The van der Waals surface area contributed by atoms with Crippen molar-refractivity contribution in [1.82, 2.24) is 0 Å². The molecule has 4 heteroatoms. The van der Waals surface area contributed by atoms with Crippen LogP contribution in [-0.4, -0.2) is 12.2 Å². The maximum Gasteiger partial charge on any atom is 0.231 e. The summed E-state index contributed by atoms with van der Waals surface area (Å²) in [6.07, 6.45) is 21.2. The van der Waals surface area contributed by atoms with E-state index in [1.165, 1.54) is 77.0 Å². The molecule has 2 aliphatic carbocycles. The van der Waals surface area contributed by atoms with E-state index in [1.807, 2.05) is 6.92 Å². The fourth-order valence-corrected chi connectivity index (χ4v) is 2.12. The van der Waals surface area contributed by atoms with Crippen molar-refractivity contribution < 1.29 is 9.59 Å². The van der Waals surface area contributed by atoms with Gasteiger partial charge in [0.25, 0.3) is 0 Å². The molecule has 0 spiro atoms. The molecule has 0 amide bonds. The van der Waals surface area contributed by atoms with Gasteiger partial charge in [0.1, 0.15) is 0 Å². The molecule has 2 saturated carbocycles. The Hall–Kier alpha value is -1.50. The summed E-state index contributed by atoms with van der Waals surface area (Å²) < 4.78 is 0. The van der Waals surface area contributed by atoms with Gasteiger partial charge in [0.05, 0.1) is 0 Å². The van der Waals surface area contributed by atoms with Crippen molar-refractivity contribution in [1.29, 1.82) is 10.8 Å². The normalized spacial score (nSPS) is 15.1. The van der Waals surface area contributed by atoms with Gasteiger partial charge in [-0.15, -0.1) is 6.58 Å². The summed E-state index contributed by atoms with van der Waals surface area (Å²) in [5.41, 5.74) is 0. The molecular formula is C17H32N2O2. The molecule has 122 valence electrons. The van der Waals surface area contributed by atoms with Gasteiger partial charge < -0.3 is 0 Å². The zero-order chi connectivity index (χ0) is 16.6. The van der Waals surface area contributed by atoms with Crippen molar-refractivity contribution in [3.05, 3.63) is 12.7 Å². The van der Waals surface area contributed by atoms with E-state index in [9.17, 15) is 0 Å². The van der Waals surface area contributed by atoms with E-state index in [0.717, 1.165) is 12.2 Å². The van der Waals surface area contributed by atoms with E-state index < -0.39 is 0 Å². The lowest BCUT2D eigenvalue weighted by Crippen LogP contribution is -1.85. The van der Waals surface area contributed by atoms with Crippen LogP contribution >= 0.6 is 0 Å². The van der Waals surface area contributed by atoms with Gasteiger partial charge in [0.15, 0.2) is 0 Å². The van der Waals surface area contributed by atoms with Crippen LogP contribution in [0.25, 0.3) is 0 Å². The highest BCUT2D eigenvalue weighted by molar-refractivity contribution is 5.26. The van der Waals surface area contributed by atoms with Crippen LogP contribution < -0.4 is 0 Å². The van der Waals surface area contributed by atoms with Gasteiger partial charge in [-0.3, -0.25) is 0 Å². The van der Waals surface area contributed by atoms with Gasteiger partial charge in [-0.2, -0.15) is 0 Å². The van der Waals surface area contributed by atoms with Gasteiger partial charge in [-0.05, 0) is 6.92 Å². The summed E-state index contributed by atoms with van der Waals surface area (Å²) in [5, 5.41) is 10.8. The summed E-state index contributed by atoms with van der Waals surface area (Å²) in [6, 6.07) is 0. The van der Waals surface area contributed by atoms with Crippen molar-refractivity contribution in [3.8, 4) is 0 Å². The zero-order valence-corrected chi connectivity index (χ0v) is 13.6. The monoisotopic (exact) mass is 296 g/mol. The van der Waals surface area contributed by atoms with E-state index in [4.69, 9.17) is 20.4 Å². The van der Waals surface area contributed by atoms with E-state index in [1.54, 1.807) is 6.08 Å². The third-order valence-corrected chi connectivity index (χ3v) is 3.00. The summed E-state index contributed by atoms with van der Waals surface area (Å²) >= 11 is 0. The molecule has 0 atom stereocenters. The average Bonchev–Trinajstić information content (AvgIpc) is 2.54. The summed E-state index contributed by atoms with van der Waals surface area (Å²) in [7, 11) is 0. The Morgan fingerprint density at radius 1 is 0.667 bits per heavy atom. The van der Waals surface area contributed by atoms with Crippen LogP contribution in [0.4, 0.5) is 0 Å². The number of isocyanates is 2. The number of rotatable bonds is 0. The molecule has 4 nitrogen and oxygen atoms in total. The predicted octanol–water partition coefficient (Wildman–Crippen LogP) is 5.68. The van der Waals surface area contributed by atoms with E-state index in [-0.39, 0.29) is 0 Å². The van der Waals surface area contributed by atoms with Crippen LogP contribution in [0.3, 0.4) is 0 Å². The largest absolute Gasteiger partial charge is 0.231 e. The molecule has 2 aliphatic rings. The van der Waals surface area contributed by atoms with Crippen LogP contribution in [0.5, 0.6) is 0 Å². The number of hydrogen-bond donors (Lipinski definition) is 2. The van der Waals surface area contributed by atoms with E-state index in [2.05, 4.69) is 6.58 Å². The average molecular weight is 296 g/mol. The maximum absolute atomic E-state index is 8.35. The molecular weight excluding hydrogens is 264 g/mol. The first kappa shape index (κ1) is 24.5. The van der Waals surface area contributed by atoms with Gasteiger partial charge in [-0.1, -0.05) is 83.1 Å². The smallest absolute Gasteiger partial charge is 0.222 e. The summed E-state index contributed by atoms with van der Waals surface area (Å²) in [6.45, 7) is 5.25. The quantitative estimate of drug-likeness (QED) is 0.342. The molecule has 2 rings (SSSR count). The molecule has 0 aromatic heterocycles. The second kappa shape index (κ2) is 31.1. The molecule has 21 heavy (non-hydrogen) atoms. The highest BCUT2D eigenvalue weighted by Gasteiger charge is 1.96. The highest BCUT2D eigenvalue weighted by atomic mass is 16.1. The molecule has 0 radical (unpaired) electrons. The molecule has 0 unspecified atom stereocenters. The number of nitrogens with one attached hydrogen (secondary N) is 2. The Morgan fingerprint density at radius 3 is 0.762 bits per heavy atom. The van der Waals surface area contributed by atoms with Crippen LogP contribution in [0.2, 0.25) is 0 Å². The lowest BCUT2D eigenvalue weighted by Gasteiger charge is -2.05. The van der Waals surface area contributed by atoms with Crippen LogP contribution in [0.1, 0.15) is 84.0 Å². The number of allylic oxidation sites excluding steroid dienone is 1. The minimum atomic E-state index is 0.750. The van der Waals surface area contributed by atoms with Gasteiger partial charge in [0.2, 0.25) is 12.2 Å². The van der Waals surface area contributed by atoms with Crippen molar-refractivity contribution in [2.75, 3.05) is 0 Å². The Balaban J connectivity index is -0.000000204. The Labute approximate surface area is 130 Å². The van der Waals surface area contributed by atoms with Gasteiger partial charge in [-0.25, -0.2) is 20.4 Å². The maximum atomic E-state index is 8.35. The highest BCUT2D eigenvalue weighted by Crippen LogP contribution is 2.15. The standard InChI is InChI=1S/2C6H12.C3H6.2CHNO/c2*1-2-4-6-5-3-1;1-3-2;2*2-1-3/h2*1-6H2;3H,1H2,2H3;2*2H. The molecule has 0 aromatic rings. The Morgan fingerprint density at radius 2 is 0.714 bits per heavy atom. The molecule has 0 saturated heterocycles. The molecule has 0 aromatic carbocycles. The molecule has 2 fully saturated rings. The zero-order valence-electron chi connectivity index (χ0n) is 13.6. The number of carbonyl (C=O) groups excluding carboxylic acids is 2. The lowest BCUT2D eigenvalue weighted by atomic mass is 10.0. The first-order valence-electron chi connectivity index (χ1n) is 7.89. The molecule has 0 bridgehead atoms. The van der Waals surface area contributed by atoms with Gasteiger partial charge in [0, 0.05) is 0 Å². The van der Waals surface area contributed by atoms with E-state index in [0.29, 0.717) is 0 Å². The SMILES string of the molecule is C1CCCCC1.C1CCCCC1.C=CC.N=C=O.N=C=O. The molecule has 2 N–H and O–H groups in total. The van der Waals surface area contributed by atoms with Crippen LogP contribution in [0.15, 0.2) is 12.7 Å². The van der Waals surface area contributed by atoms with Crippen molar-refractivity contribution >= 4 is 12.2 Å². The summed E-state index contributed by atoms with van der Waals surface area (Å²) in [4.78, 5) is 16.7. The van der Waals surface area contributed by atoms with Crippen LogP contribution in [0, 0.1) is 10.8 Å². The first-order chi connectivity index (χ1) is 10.2. The predicted molar refractivity (Wildman–Crippen MR) is 88.1 cm³/mol.